The molecule has 1 heterocycles. The van der Waals surface area contributed by atoms with Gasteiger partial charge in [-0.15, -0.1) is 0 Å². The molecule has 2 N–H and O–H groups in total. The van der Waals surface area contributed by atoms with E-state index in [0.29, 0.717) is 12.1 Å². The molecule has 116 valence electrons. The summed E-state index contributed by atoms with van der Waals surface area (Å²) in [6, 6.07) is 1.00. The van der Waals surface area contributed by atoms with E-state index in [1.165, 1.54) is 51.4 Å². The molecule has 3 heteroatoms. The second kappa shape index (κ2) is 8.02. The molecule has 1 amide bonds. The predicted octanol–water partition coefficient (Wildman–Crippen LogP) is 3.38. The van der Waals surface area contributed by atoms with Crippen LogP contribution in [0.3, 0.4) is 0 Å². The van der Waals surface area contributed by atoms with Gasteiger partial charge in [-0.2, -0.15) is 0 Å². The van der Waals surface area contributed by atoms with Crippen molar-refractivity contribution in [3.63, 3.8) is 0 Å². The van der Waals surface area contributed by atoms with Crippen LogP contribution < -0.4 is 10.6 Å². The van der Waals surface area contributed by atoms with Gasteiger partial charge in [-0.3, -0.25) is 4.79 Å². The molecule has 1 aliphatic heterocycles. The van der Waals surface area contributed by atoms with Crippen molar-refractivity contribution in [3.05, 3.63) is 0 Å². The van der Waals surface area contributed by atoms with Crippen LogP contribution in [0.4, 0.5) is 0 Å². The summed E-state index contributed by atoms with van der Waals surface area (Å²) >= 11 is 0. The zero-order valence-corrected chi connectivity index (χ0v) is 13.3. The minimum Gasteiger partial charge on any atom is -0.352 e. The van der Waals surface area contributed by atoms with E-state index in [1.807, 2.05) is 0 Å². The summed E-state index contributed by atoms with van der Waals surface area (Å²) in [5.41, 5.74) is 0. The van der Waals surface area contributed by atoms with Crippen LogP contribution >= 0.6 is 0 Å². The first kappa shape index (κ1) is 15.8. The number of hydrogen-bond donors (Lipinski definition) is 2. The molecule has 1 aliphatic carbocycles. The highest BCUT2D eigenvalue weighted by Crippen LogP contribution is 2.33. The number of unbranched alkanes of at least 4 members (excludes halogenated alkanes) is 3. The van der Waals surface area contributed by atoms with Gasteiger partial charge in [-0.1, -0.05) is 45.4 Å². The third kappa shape index (κ3) is 4.47. The maximum absolute atomic E-state index is 12.3. The highest BCUT2D eigenvalue weighted by molar-refractivity contribution is 5.82. The van der Waals surface area contributed by atoms with E-state index in [-0.39, 0.29) is 11.9 Å². The lowest BCUT2D eigenvalue weighted by molar-refractivity contribution is -0.123. The molecule has 0 aromatic heterocycles. The van der Waals surface area contributed by atoms with Crippen LogP contribution in [0, 0.1) is 5.92 Å². The van der Waals surface area contributed by atoms with Gasteiger partial charge in [0.05, 0.1) is 6.04 Å². The maximum Gasteiger partial charge on any atom is 0.237 e. The molecular weight excluding hydrogens is 248 g/mol. The van der Waals surface area contributed by atoms with Gasteiger partial charge in [0, 0.05) is 12.1 Å². The Bertz CT molecular complexity index is 291. The number of amides is 1. The fourth-order valence-electron chi connectivity index (χ4n) is 3.81. The molecule has 1 saturated heterocycles. The SMILES string of the molecule is CCCCCCC(C)NC(=O)C1CC2CCCCC2N1. The van der Waals surface area contributed by atoms with Crippen LogP contribution in [0.15, 0.2) is 0 Å². The number of carbonyl (C=O) groups excluding carboxylic acids is 1. The summed E-state index contributed by atoms with van der Waals surface area (Å²) < 4.78 is 0. The molecule has 1 saturated carbocycles. The fourth-order valence-corrected chi connectivity index (χ4v) is 3.81. The molecular formula is C17H32N2O. The van der Waals surface area contributed by atoms with Crippen molar-refractivity contribution in [2.75, 3.05) is 0 Å². The molecule has 4 atom stereocenters. The van der Waals surface area contributed by atoms with Gasteiger partial charge in [0.1, 0.15) is 0 Å². The van der Waals surface area contributed by atoms with Crippen molar-refractivity contribution < 1.29 is 4.79 Å². The first-order valence-corrected chi connectivity index (χ1v) is 8.77. The van der Waals surface area contributed by atoms with Crippen LogP contribution in [0.25, 0.3) is 0 Å². The molecule has 3 nitrogen and oxygen atoms in total. The largest absolute Gasteiger partial charge is 0.352 e. The first-order valence-electron chi connectivity index (χ1n) is 8.77. The van der Waals surface area contributed by atoms with Crippen LogP contribution in [0.2, 0.25) is 0 Å². The van der Waals surface area contributed by atoms with Crippen LogP contribution in [-0.2, 0) is 4.79 Å². The van der Waals surface area contributed by atoms with Crippen molar-refractivity contribution in [2.45, 2.75) is 96.2 Å². The van der Waals surface area contributed by atoms with Gasteiger partial charge in [-0.05, 0) is 38.5 Å². The second-order valence-corrected chi connectivity index (χ2v) is 6.86. The number of carbonyl (C=O) groups is 1. The lowest BCUT2D eigenvalue weighted by atomic mass is 9.85. The molecule has 0 bridgehead atoms. The van der Waals surface area contributed by atoms with Crippen LogP contribution in [0.5, 0.6) is 0 Å². The zero-order chi connectivity index (χ0) is 14.4. The maximum atomic E-state index is 12.3. The van der Waals surface area contributed by atoms with Crippen molar-refractivity contribution in [1.29, 1.82) is 0 Å². The van der Waals surface area contributed by atoms with Crippen molar-refractivity contribution in [1.82, 2.24) is 10.6 Å². The van der Waals surface area contributed by atoms with E-state index in [4.69, 9.17) is 0 Å². The quantitative estimate of drug-likeness (QED) is 0.702. The molecule has 2 aliphatic rings. The number of fused-ring (bicyclic) bond motifs is 1. The summed E-state index contributed by atoms with van der Waals surface area (Å²) in [6.07, 6.45) is 12.5. The first-order chi connectivity index (χ1) is 9.70. The summed E-state index contributed by atoms with van der Waals surface area (Å²) in [7, 11) is 0. The van der Waals surface area contributed by atoms with Crippen LogP contribution in [0.1, 0.15) is 78.1 Å². The Balaban J connectivity index is 1.66. The van der Waals surface area contributed by atoms with Gasteiger partial charge in [0.15, 0.2) is 0 Å². The second-order valence-electron chi connectivity index (χ2n) is 6.86. The van der Waals surface area contributed by atoms with Gasteiger partial charge < -0.3 is 10.6 Å². The predicted molar refractivity (Wildman–Crippen MR) is 83.7 cm³/mol. The average Bonchev–Trinajstić information content (AvgIpc) is 2.87. The van der Waals surface area contributed by atoms with E-state index in [9.17, 15) is 4.79 Å². The Morgan fingerprint density at radius 2 is 2.05 bits per heavy atom. The van der Waals surface area contributed by atoms with Crippen molar-refractivity contribution in [2.24, 2.45) is 5.92 Å². The minimum atomic E-state index is 0.0705. The fraction of sp³-hybridized carbons (Fsp3) is 0.941. The zero-order valence-electron chi connectivity index (χ0n) is 13.3. The van der Waals surface area contributed by atoms with E-state index >= 15 is 0 Å². The Labute approximate surface area is 124 Å². The molecule has 2 rings (SSSR count). The number of hydrogen-bond acceptors (Lipinski definition) is 2. The Kier molecular flexibility index (Phi) is 6.34. The van der Waals surface area contributed by atoms with Gasteiger partial charge in [-0.25, -0.2) is 0 Å². The molecule has 0 aromatic carbocycles. The lowest BCUT2D eigenvalue weighted by Crippen LogP contribution is -2.46. The van der Waals surface area contributed by atoms with E-state index < -0.39 is 0 Å². The Hall–Kier alpha value is -0.570. The Morgan fingerprint density at radius 1 is 1.25 bits per heavy atom. The number of nitrogens with one attached hydrogen (secondary N) is 2. The molecule has 2 fully saturated rings. The summed E-state index contributed by atoms with van der Waals surface area (Å²) in [5.74, 6) is 0.988. The van der Waals surface area contributed by atoms with Crippen molar-refractivity contribution in [3.8, 4) is 0 Å². The topological polar surface area (TPSA) is 41.1 Å². The smallest absolute Gasteiger partial charge is 0.237 e. The molecule has 0 spiro atoms. The monoisotopic (exact) mass is 280 g/mol. The van der Waals surface area contributed by atoms with Gasteiger partial charge in [0.2, 0.25) is 5.91 Å². The molecule has 0 aromatic rings. The molecule has 0 radical (unpaired) electrons. The summed E-state index contributed by atoms with van der Waals surface area (Å²) in [5, 5.41) is 6.77. The van der Waals surface area contributed by atoms with Crippen LogP contribution in [-0.4, -0.2) is 24.0 Å². The highest BCUT2D eigenvalue weighted by Gasteiger charge is 2.38. The normalized spacial score (nSPS) is 30.8. The standard InChI is InChI=1S/C17H32N2O/c1-3-4-5-6-9-13(2)18-17(20)16-12-14-10-7-8-11-15(14)19-16/h13-16,19H,3-12H2,1-2H3,(H,18,20). The summed E-state index contributed by atoms with van der Waals surface area (Å²) in [4.78, 5) is 12.3. The van der Waals surface area contributed by atoms with E-state index in [0.717, 1.165) is 18.8 Å². The van der Waals surface area contributed by atoms with Gasteiger partial charge in [0.25, 0.3) is 0 Å². The Morgan fingerprint density at radius 3 is 2.80 bits per heavy atom. The van der Waals surface area contributed by atoms with E-state index in [2.05, 4.69) is 24.5 Å². The number of rotatable bonds is 7. The molecule has 20 heavy (non-hydrogen) atoms. The minimum absolute atomic E-state index is 0.0705. The molecule has 4 unspecified atom stereocenters. The summed E-state index contributed by atoms with van der Waals surface area (Å²) in [6.45, 7) is 4.38. The highest BCUT2D eigenvalue weighted by atomic mass is 16.2. The van der Waals surface area contributed by atoms with Gasteiger partial charge >= 0.3 is 0 Å². The average molecular weight is 280 g/mol. The third-order valence-corrected chi connectivity index (χ3v) is 5.06. The third-order valence-electron chi connectivity index (χ3n) is 5.06. The lowest BCUT2D eigenvalue weighted by Gasteiger charge is -2.24. The van der Waals surface area contributed by atoms with Crippen molar-refractivity contribution >= 4 is 5.91 Å². The van der Waals surface area contributed by atoms with E-state index in [1.54, 1.807) is 0 Å².